The van der Waals surface area contributed by atoms with Gasteiger partial charge >= 0.3 is 0 Å². The fourth-order valence-corrected chi connectivity index (χ4v) is 1.46. The van der Waals surface area contributed by atoms with Crippen LogP contribution >= 0.6 is 12.4 Å². The van der Waals surface area contributed by atoms with Gasteiger partial charge < -0.3 is 15.6 Å². The maximum atomic E-state index is 11.7. The van der Waals surface area contributed by atoms with Crippen LogP contribution in [0.25, 0.3) is 0 Å². The van der Waals surface area contributed by atoms with Crippen LogP contribution in [0.1, 0.15) is 18.9 Å². The Morgan fingerprint density at radius 2 is 2.18 bits per heavy atom. The third-order valence-electron chi connectivity index (χ3n) is 2.10. The van der Waals surface area contributed by atoms with E-state index in [9.17, 15) is 9.59 Å². The number of nitrogens with one attached hydrogen (secondary N) is 1. The molecular weight excluding hydrogens is 242 g/mol. The molecule has 0 radical (unpaired) electrons. The molecule has 3 N–H and O–H groups in total. The van der Waals surface area contributed by atoms with Crippen molar-refractivity contribution in [2.45, 2.75) is 26.3 Å². The molecule has 1 heterocycles. The van der Waals surface area contributed by atoms with E-state index in [4.69, 9.17) is 5.73 Å². The number of hydrogen-bond donors (Lipinski definition) is 2. The van der Waals surface area contributed by atoms with Gasteiger partial charge in [0.2, 0.25) is 5.91 Å². The Morgan fingerprint density at radius 3 is 2.71 bits per heavy atom. The summed E-state index contributed by atoms with van der Waals surface area (Å²) in [5, 5.41) is 2.57. The number of carbonyl (C=O) groups excluding carboxylic acids is 1. The van der Waals surface area contributed by atoms with E-state index in [0.29, 0.717) is 5.69 Å². The minimum absolute atomic E-state index is 0. The number of pyridine rings is 1. The smallest absolute Gasteiger partial charge is 0.274 e. The van der Waals surface area contributed by atoms with E-state index in [1.54, 1.807) is 26.2 Å². The molecule has 1 rings (SSSR count). The van der Waals surface area contributed by atoms with E-state index < -0.39 is 0 Å². The lowest BCUT2D eigenvalue weighted by Gasteiger charge is -2.08. The Balaban J connectivity index is 0.00000256. The first-order valence-corrected chi connectivity index (χ1v) is 5.13. The number of aryl methyl sites for hydroxylation is 2. The van der Waals surface area contributed by atoms with Gasteiger partial charge in [-0.05, 0) is 25.5 Å². The predicted molar refractivity (Wildman–Crippen MR) is 70.6 cm³/mol. The largest absolute Gasteiger partial charge is 0.327 e. The van der Waals surface area contributed by atoms with Crippen molar-refractivity contribution in [1.29, 1.82) is 0 Å². The highest BCUT2D eigenvalue weighted by atomic mass is 35.5. The lowest BCUT2D eigenvalue weighted by atomic mass is 10.2. The van der Waals surface area contributed by atoms with Gasteiger partial charge in [-0.25, -0.2) is 0 Å². The van der Waals surface area contributed by atoms with Crippen LogP contribution < -0.4 is 16.6 Å². The molecule has 1 atom stereocenters. The molecule has 1 aromatic heterocycles. The van der Waals surface area contributed by atoms with Crippen LogP contribution in [0.5, 0.6) is 0 Å². The van der Waals surface area contributed by atoms with Gasteiger partial charge in [0.25, 0.3) is 5.56 Å². The highest BCUT2D eigenvalue weighted by Gasteiger charge is 2.09. The first-order valence-electron chi connectivity index (χ1n) is 5.13. The maximum Gasteiger partial charge on any atom is 0.274 e. The van der Waals surface area contributed by atoms with Crippen LogP contribution in [0.15, 0.2) is 17.1 Å². The zero-order valence-corrected chi connectivity index (χ0v) is 11.0. The molecule has 1 amide bonds. The van der Waals surface area contributed by atoms with E-state index in [1.807, 2.05) is 6.92 Å². The van der Waals surface area contributed by atoms with Crippen molar-refractivity contribution in [3.8, 4) is 0 Å². The molecule has 0 aliphatic carbocycles. The number of halogens is 1. The molecule has 0 aromatic carbocycles. The Kier molecular flexibility index (Phi) is 5.91. The average Bonchev–Trinajstić information content (AvgIpc) is 2.11. The quantitative estimate of drug-likeness (QED) is 0.843. The molecule has 0 saturated carbocycles. The summed E-state index contributed by atoms with van der Waals surface area (Å²) in [5.41, 5.74) is 6.50. The molecule has 0 bridgehead atoms. The first-order chi connectivity index (χ1) is 7.40. The zero-order valence-electron chi connectivity index (χ0n) is 10.2. The summed E-state index contributed by atoms with van der Waals surface area (Å²) in [6.07, 6.45) is 1.92. The van der Waals surface area contributed by atoms with Crippen molar-refractivity contribution >= 4 is 24.0 Å². The Morgan fingerprint density at radius 1 is 1.59 bits per heavy atom. The molecule has 1 aromatic rings. The van der Waals surface area contributed by atoms with Crippen LogP contribution in [0.2, 0.25) is 0 Å². The molecule has 0 saturated heterocycles. The van der Waals surface area contributed by atoms with Gasteiger partial charge in [0, 0.05) is 25.7 Å². The molecule has 0 spiro atoms. The van der Waals surface area contributed by atoms with Gasteiger partial charge in [-0.2, -0.15) is 0 Å². The second-order valence-electron chi connectivity index (χ2n) is 4.08. The fraction of sp³-hybridized carbons (Fsp3) is 0.455. The summed E-state index contributed by atoms with van der Waals surface area (Å²) in [4.78, 5) is 23.1. The molecule has 17 heavy (non-hydrogen) atoms. The molecule has 0 aliphatic heterocycles. The van der Waals surface area contributed by atoms with Crippen molar-refractivity contribution in [3.63, 3.8) is 0 Å². The first kappa shape index (κ1) is 15.7. The number of anilines is 1. The topological polar surface area (TPSA) is 77.1 Å². The molecule has 1 unspecified atom stereocenters. The van der Waals surface area contributed by atoms with Gasteiger partial charge in [-0.15, -0.1) is 12.4 Å². The molecule has 0 fully saturated rings. The molecule has 0 aliphatic rings. The Hall–Kier alpha value is -1.33. The van der Waals surface area contributed by atoms with Crippen molar-refractivity contribution in [2.75, 3.05) is 5.32 Å². The number of hydrogen-bond acceptors (Lipinski definition) is 3. The summed E-state index contributed by atoms with van der Waals surface area (Å²) in [7, 11) is 1.65. The molecular formula is C11H18ClN3O2. The van der Waals surface area contributed by atoms with Gasteiger partial charge in [-0.1, -0.05) is 0 Å². The van der Waals surface area contributed by atoms with E-state index in [-0.39, 0.29) is 36.3 Å². The number of nitrogens with zero attached hydrogens (tertiary/aromatic N) is 1. The van der Waals surface area contributed by atoms with Crippen molar-refractivity contribution in [1.82, 2.24) is 4.57 Å². The zero-order chi connectivity index (χ0) is 12.3. The normalized spacial score (nSPS) is 11.5. The van der Waals surface area contributed by atoms with Gasteiger partial charge in [0.15, 0.2) is 0 Å². The number of carbonyl (C=O) groups is 1. The number of nitrogens with two attached hydrogens (primary N) is 1. The third kappa shape index (κ3) is 4.58. The van der Waals surface area contributed by atoms with Crippen LogP contribution in [0.3, 0.4) is 0 Å². The molecule has 96 valence electrons. The molecule has 6 heteroatoms. The van der Waals surface area contributed by atoms with Crippen LogP contribution in [0, 0.1) is 6.92 Å². The van der Waals surface area contributed by atoms with Crippen LogP contribution in [0.4, 0.5) is 5.69 Å². The van der Waals surface area contributed by atoms with Crippen LogP contribution in [-0.2, 0) is 11.8 Å². The summed E-state index contributed by atoms with van der Waals surface area (Å²) >= 11 is 0. The predicted octanol–water partition coefficient (Wildman–Crippen LogP) is 0.791. The van der Waals surface area contributed by atoms with Gasteiger partial charge in [0.1, 0.15) is 5.69 Å². The fourth-order valence-electron chi connectivity index (χ4n) is 1.46. The van der Waals surface area contributed by atoms with Gasteiger partial charge in [0.05, 0.1) is 0 Å². The third-order valence-corrected chi connectivity index (χ3v) is 2.10. The Labute approximate surface area is 106 Å². The number of amides is 1. The lowest BCUT2D eigenvalue weighted by Crippen LogP contribution is -2.28. The SMILES string of the molecule is Cc1cc(NC(=O)CC(C)N)c(=O)n(C)c1.Cl. The summed E-state index contributed by atoms with van der Waals surface area (Å²) < 4.78 is 1.44. The summed E-state index contributed by atoms with van der Waals surface area (Å²) in [6, 6.07) is 1.44. The summed E-state index contributed by atoms with van der Waals surface area (Å²) in [5.74, 6) is -0.238. The second kappa shape index (κ2) is 6.42. The minimum Gasteiger partial charge on any atom is -0.327 e. The Bertz CT molecular complexity index is 455. The maximum absolute atomic E-state index is 11.7. The van der Waals surface area contributed by atoms with E-state index in [1.165, 1.54) is 4.57 Å². The number of aromatic nitrogens is 1. The van der Waals surface area contributed by atoms with Crippen molar-refractivity contribution in [3.05, 3.63) is 28.2 Å². The lowest BCUT2D eigenvalue weighted by molar-refractivity contribution is -0.116. The van der Waals surface area contributed by atoms with Crippen LogP contribution in [-0.4, -0.2) is 16.5 Å². The van der Waals surface area contributed by atoms with Crippen molar-refractivity contribution in [2.24, 2.45) is 12.8 Å². The van der Waals surface area contributed by atoms with E-state index in [2.05, 4.69) is 5.32 Å². The highest BCUT2D eigenvalue weighted by Crippen LogP contribution is 2.04. The second-order valence-corrected chi connectivity index (χ2v) is 4.08. The summed E-state index contributed by atoms with van der Waals surface area (Å²) in [6.45, 7) is 3.61. The highest BCUT2D eigenvalue weighted by molar-refractivity contribution is 5.90. The standard InChI is InChI=1S/C11H17N3O2.ClH/c1-7-4-9(11(16)14(3)6-7)13-10(15)5-8(2)12;/h4,6,8H,5,12H2,1-3H3,(H,13,15);1H. The number of rotatable bonds is 3. The van der Waals surface area contributed by atoms with Crippen molar-refractivity contribution < 1.29 is 4.79 Å². The monoisotopic (exact) mass is 259 g/mol. The van der Waals surface area contributed by atoms with E-state index in [0.717, 1.165) is 5.56 Å². The van der Waals surface area contributed by atoms with E-state index >= 15 is 0 Å². The average molecular weight is 260 g/mol. The minimum atomic E-state index is -0.238. The van der Waals surface area contributed by atoms with Gasteiger partial charge in [-0.3, -0.25) is 9.59 Å². The molecule has 5 nitrogen and oxygen atoms in total.